The molecule has 12 nitrogen and oxygen atoms in total. The van der Waals surface area contributed by atoms with E-state index in [1.807, 2.05) is 0 Å². The molecule has 0 aromatic carbocycles. The predicted octanol–water partition coefficient (Wildman–Crippen LogP) is -3.34. The number of amides is 2. The predicted molar refractivity (Wildman–Crippen MR) is 97.3 cm³/mol. The number of azo groups is 1. The normalized spacial score (nSPS) is 14.7. The SMILES string of the molecule is CC(O)C(CO)(CO)NC(=O)CCN=NCCC(=O)NC(CO)(CO)C(C)O. The van der Waals surface area contributed by atoms with Gasteiger partial charge in [-0.15, -0.1) is 0 Å². The Kier molecular flexibility index (Phi) is 11.9. The van der Waals surface area contributed by atoms with Crippen molar-refractivity contribution in [2.75, 3.05) is 39.5 Å². The van der Waals surface area contributed by atoms with Crippen LogP contribution in [-0.4, -0.2) is 105 Å². The third-order valence-corrected chi connectivity index (χ3v) is 4.48. The molecule has 164 valence electrons. The van der Waals surface area contributed by atoms with Crippen LogP contribution in [0.2, 0.25) is 0 Å². The number of hydrogen-bond donors (Lipinski definition) is 8. The van der Waals surface area contributed by atoms with E-state index < -0.39 is 61.5 Å². The summed E-state index contributed by atoms with van der Waals surface area (Å²) in [5, 5.41) is 68.5. The van der Waals surface area contributed by atoms with Crippen LogP contribution in [0, 0.1) is 0 Å². The molecule has 8 N–H and O–H groups in total. The van der Waals surface area contributed by atoms with Crippen molar-refractivity contribution in [2.45, 2.75) is 50.0 Å². The van der Waals surface area contributed by atoms with Crippen molar-refractivity contribution in [3.05, 3.63) is 0 Å². The molecule has 0 radical (unpaired) electrons. The molecule has 0 aliphatic heterocycles. The molecule has 0 saturated heterocycles. The minimum absolute atomic E-state index is 0.00884. The number of carbonyl (C=O) groups excluding carboxylic acids is 2. The van der Waals surface area contributed by atoms with Gasteiger partial charge in [-0.2, -0.15) is 10.2 Å². The molecular formula is C16H32N4O8. The van der Waals surface area contributed by atoms with Crippen molar-refractivity contribution < 1.29 is 40.2 Å². The topological polar surface area (TPSA) is 204 Å². The Balaban J connectivity index is 4.33. The summed E-state index contributed by atoms with van der Waals surface area (Å²) in [6, 6.07) is 0. The van der Waals surface area contributed by atoms with E-state index in [9.17, 15) is 40.2 Å². The fourth-order valence-corrected chi connectivity index (χ4v) is 2.12. The summed E-state index contributed by atoms with van der Waals surface area (Å²) in [6.07, 6.45) is -2.55. The van der Waals surface area contributed by atoms with E-state index in [0.717, 1.165) is 0 Å². The molecule has 0 fully saturated rings. The van der Waals surface area contributed by atoms with E-state index in [1.165, 1.54) is 13.8 Å². The largest absolute Gasteiger partial charge is 0.394 e. The summed E-state index contributed by atoms with van der Waals surface area (Å²) in [4.78, 5) is 23.7. The van der Waals surface area contributed by atoms with E-state index >= 15 is 0 Å². The number of carbonyl (C=O) groups is 2. The van der Waals surface area contributed by atoms with Gasteiger partial charge in [0.1, 0.15) is 11.1 Å². The molecule has 0 aromatic rings. The Bertz CT molecular complexity index is 461. The highest BCUT2D eigenvalue weighted by atomic mass is 16.3. The number of nitrogens with one attached hydrogen (secondary N) is 2. The van der Waals surface area contributed by atoms with Gasteiger partial charge in [-0.3, -0.25) is 9.59 Å². The second-order valence-electron chi connectivity index (χ2n) is 6.62. The Morgan fingerprint density at radius 1 is 0.750 bits per heavy atom. The molecule has 2 unspecified atom stereocenters. The average molecular weight is 408 g/mol. The van der Waals surface area contributed by atoms with Crippen LogP contribution in [0.5, 0.6) is 0 Å². The van der Waals surface area contributed by atoms with Gasteiger partial charge in [0.15, 0.2) is 0 Å². The number of rotatable bonds is 14. The van der Waals surface area contributed by atoms with E-state index in [4.69, 9.17) is 0 Å². The number of aliphatic hydroxyl groups excluding tert-OH is 6. The van der Waals surface area contributed by atoms with Crippen molar-refractivity contribution >= 4 is 11.8 Å². The van der Waals surface area contributed by atoms with Crippen molar-refractivity contribution in [1.29, 1.82) is 0 Å². The zero-order valence-corrected chi connectivity index (χ0v) is 16.2. The van der Waals surface area contributed by atoms with Crippen molar-refractivity contribution in [3.63, 3.8) is 0 Å². The van der Waals surface area contributed by atoms with Gasteiger partial charge in [0.25, 0.3) is 0 Å². The van der Waals surface area contributed by atoms with Crippen molar-refractivity contribution in [3.8, 4) is 0 Å². The van der Waals surface area contributed by atoms with Gasteiger partial charge in [0.05, 0.1) is 51.7 Å². The standard InChI is InChI=1S/C16H32N4O8/c1-11(25)15(7-21,8-22)19-13(27)3-5-17-18-6-4-14(28)20-16(9-23,10-24)12(2)26/h11-12,21-26H,3-10H2,1-2H3,(H,19,27)(H,20,28). The highest BCUT2D eigenvalue weighted by Gasteiger charge is 2.36. The zero-order chi connectivity index (χ0) is 21.8. The molecule has 0 aromatic heterocycles. The summed E-state index contributed by atoms with van der Waals surface area (Å²) in [7, 11) is 0. The maximum atomic E-state index is 11.8. The zero-order valence-electron chi connectivity index (χ0n) is 16.2. The fourth-order valence-electron chi connectivity index (χ4n) is 2.12. The lowest BCUT2D eigenvalue weighted by Crippen LogP contribution is -2.61. The van der Waals surface area contributed by atoms with Crippen LogP contribution in [-0.2, 0) is 9.59 Å². The summed E-state index contributed by atoms with van der Waals surface area (Å²) in [5.74, 6) is -1.10. The lowest BCUT2D eigenvalue weighted by Gasteiger charge is -2.33. The minimum Gasteiger partial charge on any atom is -0.394 e. The van der Waals surface area contributed by atoms with Gasteiger partial charge in [-0.1, -0.05) is 0 Å². The summed E-state index contributed by atoms with van der Waals surface area (Å²) < 4.78 is 0. The first-order chi connectivity index (χ1) is 13.1. The summed E-state index contributed by atoms with van der Waals surface area (Å²) in [5.41, 5.74) is -3.08. The molecule has 28 heavy (non-hydrogen) atoms. The van der Waals surface area contributed by atoms with Gasteiger partial charge in [-0.05, 0) is 13.8 Å². The quantitative estimate of drug-likeness (QED) is 0.136. The van der Waals surface area contributed by atoms with Gasteiger partial charge < -0.3 is 41.3 Å². The Hall–Kier alpha value is -1.70. The molecule has 0 aliphatic rings. The van der Waals surface area contributed by atoms with Gasteiger partial charge in [0, 0.05) is 12.8 Å². The molecule has 2 atom stereocenters. The molecule has 0 saturated carbocycles. The van der Waals surface area contributed by atoms with Crippen molar-refractivity contribution in [1.82, 2.24) is 10.6 Å². The lowest BCUT2D eigenvalue weighted by atomic mass is 9.95. The molecule has 12 heteroatoms. The smallest absolute Gasteiger partial charge is 0.222 e. The Morgan fingerprint density at radius 2 is 1.04 bits per heavy atom. The minimum atomic E-state index is -1.54. The van der Waals surface area contributed by atoms with E-state index in [-0.39, 0.29) is 25.9 Å². The van der Waals surface area contributed by atoms with Gasteiger partial charge in [-0.25, -0.2) is 0 Å². The third-order valence-electron chi connectivity index (χ3n) is 4.48. The molecule has 0 rings (SSSR count). The van der Waals surface area contributed by atoms with E-state index in [2.05, 4.69) is 20.9 Å². The first-order valence-corrected chi connectivity index (χ1v) is 8.88. The first-order valence-electron chi connectivity index (χ1n) is 8.88. The Labute approximate surface area is 163 Å². The van der Waals surface area contributed by atoms with Crippen LogP contribution >= 0.6 is 0 Å². The third kappa shape index (κ3) is 7.73. The van der Waals surface area contributed by atoms with Gasteiger partial charge >= 0.3 is 0 Å². The maximum Gasteiger partial charge on any atom is 0.222 e. The van der Waals surface area contributed by atoms with E-state index in [1.54, 1.807) is 0 Å². The van der Waals surface area contributed by atoms with Crippen LogP contribution in [0.4, 0.5) is 0 Å². The maximum absolute atomic E-state index is 11.8. The monoisotopic (exact) mass is 408 g/mol. The highest BCUT2D eigenvalue weighted by Crippen LogP contribution is 2.11. The van der Waals surface area contributed by atoms with Crippen LogP contribution in [0.25, 0.3) is 0 Å². The molecule has 0 aliphatic carbocycles. The summed E-state index contributed by atoms with van der Waals surface area (Å²) >= 11 is 0. The van der Waals surface area contributed by atoms with E-state index in [0.29, 0.717) is 0 Å². The number of nitrogens with zero attached hydrogens (tertiary/aromatic N) is 2. The molecular weight excluding hydrogens is 376 g/mol. The van der Waals surface area contributed by atoms with Crippen LogP contribution < -0.4 is 10.6 Å². The Morgan fingerprint density at radius 3 is 1.25 bits per heavy atom. The second-order valence-corrected chi connectivity index (χ2v) is 6.62. The van der Waals surface area contributed by atoms with Crippen molar-refractivity contribution in [2.24, 2.45) is 10.2 Å². The average Bonchev–Trinajstić information content (AvgIpc) is 2.66. The first kappa shape index (κ1) is 26.3. The molecule has 0 spiro atoms. The fraction of sp³-hybridized carbons (Fsp3) is 0.875. The molecule has 0 bridgehead atoms. The van der Waals surface area contributed by atoms with Crippen LogP contribution in [0.15, 0.2) is 10.2 Å². The molecule has 2 amide bonds. The highest BCUT2D eigenvalue weighted by molar-refractivity contribution is 5.77. The van der Waals surface area contributed by atoms with Crippen LogP contribution in [0.1, 0.15) is 26.7 Å². The lowest BCUT2D eigenvalue weighted by molar-refractivity contribution is -0.127. The summed E-state index contributed by atoms with van der Waals surface area (Å²) in [6.45, 7) is 0.0847. The molecule has 0 heterocycles. The van der Waals surface area contributed by atoms with Gasteiger partial charge in [0.2, 0.25) is 11.8 Å². The number of hydrogen-bond acceptors (Lipinski definition) is 10. The second kappa shape index (κ2) is 12.7. The number of aliphatic hydroxyl groups is 6. The van der Waals surface area contributed by atoms with Crippen LogP contribution in [0.3, 0.4) is 0 Å².